The number of methoxy groups -OCH3 is 2. The molecule has 3 aromatic rings. The molecule has 36 heavy (non-hydrogen) atoms. The minimum Gasteiger partial charge on any atom is -0.497 e. The zero-order chi connectivity index (χ0) is 25.9. The van der Waals surface area contributed by atoms with Gasteiger partial charge < -0.3 is 19.5 Å². The highest BCUT2D eigenvalue weighted by molar-refractivity contribution is 6.01. The van der Waals surface area contributed by atoms with Crippen molar-refractivity contribution < 1.29 is 19.0 Å². The number of rotatable bonds is 11. The standard InChI is InChI=1S/C30H30N2O4/c1-5-7-25-15-24(17-28(35-4)29(25)36-20-23-9-6-8-21(2)14-23)16-26(18-31)30(33)32-19-22-10-12-27(34-3)13-11-22/h5-6,8-17H,1,7,19-20H2,2-4H3,(H,32,33)/b26-16-. The van der Waals surface area contributed by atoms with Crippen LogP contribution in [0.4, 0.5) is 0 Å². The van der Waals surface area contributed by atoms with E-state index in [4.69, 9.17) is 14.2 Å². The molecule has 6 heteroatoms. The molecule has 0 saturated heterocycles. The van der Waals surface area contributed by atoms with Gasteiger partial charge in [0.2, 0.25) is 0 Å². The van der Waals surface area contributed by atoms with Crippen LogP contribution in [0, 0.1) is 18.3 Å². The first-order valence-electron chi connectivity index (χ1n) is 11.5. The van der Waals surface area contributed by atoms with Crippen molar-refractivity contribution in [1.29, 1.82) is 5.26 Å². The number of nitrogens with zero attached hydrogens (tertiary/aromatic N) is 1. The van der Waals surface area contributed by atoms with Gasteiger partial charge >= 0.3 is 0 Å². The quantitative estimate of drug-likeness (QED) is 0.220. The van der Waals surface area contributed by atoms with E-state index in [9.17, 15) is 10.1 Å². The molecule has 0 radical (unpaired) electrons. The number of nitrogens with one attached hydrogen (secondary N) is 1. The van der Waals surface area contributed by atoms with E-state index in [2.05, 4.69) is 18.0 Å². The Labute approximate surface area is 212 Å². The van der Waals surface area contributed by atoms with E-state index in [1.54, 1.807) is 32.4 Å². The Morgan fingerprint density at radius 2 is 1.83 bits per heavy atom. The fraction of sp³-hybridized carbons (Fsp3) is 0.200. The van der Waals surface area contributed by atoms with Gasteiger partial charge in [-0.3, -0.25) is 4.79 Å². The maximum absolute atomic E-state index is 12.7. The van der Waals surface area contributed by atoms with Crippen LogP contribution in [0.3, 0.4) is 0 Å². The lowest BCUT2D eigenvalue weighted by Gasteiger charge is -2.16. The average molecular weight is 483 g/mol. The van der Waals surface area contributed by atoms with Gasteiger partial charge in [0.05, 0.1) is 14.2 Å². The topological polar surface area (TPSA) is 80.6 Å². The van der Waals surface area contributed by atoms with Crippen molar-refractivity contribution in [3.63, 3.8) is 0 Å². The minimum atomic E-state index is -0.461. The van der Waals surface area contributed by atoms with Crippen LogP contribution in [0.15, 0.2) is 78.9 Å². The predicted octanol–water partition coefficient (Wildman–Crippen LogP) is 5.54. The number of nitriles is 1. The number of amides is 1. The van der Waals surface area contributed by atoms with E-state index >= 15 is 0 Å². The molecule has 0 saturated carbocycles. The van der Waals surface area contributed by atoms with E-state index in [1.165, 1.54) is 0 Å². The molecule has 0 spiro atoms. The summed E-state index contributed by atoms with van der Waals surface area (Å²) in [5.41, 5.74) is 4.59. The Balaban J connectivity index is 1.81. The van der Waals surface area contributed by atoms with Crippen molar-refractivity contribution in [3.05, 3.63) is 107 Å². The third-order valence-corrected chi connectivity index (χ3v) is 5.49. The van der Waals surface area contributed by atoms with Crippen molar-refractivity contribution in [3.8, 4) is 23.3 Å². The van der Waals surface area contributed by atoms with Crippen LogP contribution in [0.25, 0.3) is 6.08 Å². The maximum Gasteiger partial charge on any atom is 0.262 e. The monoisotopic (exact) mass is 482 g/mol. The second-order valence-electron chi connectivity index (χ2n) is 8.18. The zero-order valence-electron chi connectivity index (χ0n) is 20.8. The lowest BCUT2D eigenvalue weighted by atomic mass is 10.0. The molecule has 0 fully saturated rings. The smallest absolute Gasteiger partial charge is 0.262 e. The predicted molar refractivity (Wildman–Crippen MR) is 141 cm³/mol. The number of carbonyl (C=O) groups is 1. The van der Waals surface area contributed by atoms with Crippen molar-refractivity contribution in [2.45, 2.75) is 26.5 Å². The number of benzene rings is 3. The summed E-state index contributed by atoms with van der Waals surface area (Å²) in [6.45, 7) is 6.56. The van der Waals surface area contributed by atoms with Crippen LogP contribution in [0.2, 0.25) is 0 Å². The summed E-state index contributed by atoms with van der Waals surface area (Å²) in [6, 6.07) is 21.1. The van der Waals surface area contributed by atoms with Crippen molar-refractivity contribution in [2.75, 3.05) is 14.2 Å². The van der Waals surface area contributed by atoms with Crippen LogP contribution < -0.4 is 19.5 Å². The van der Waals surface area contributed by atoms with E-state index in [0.29, 0.717) is 36.6 Å². The molecular formula is C30H30N2O4. The lowest BCUT2D eigenvalue weighted by molar-refractivity contribution is -0.117. The fourth-order valence-corrected chi connectivity index (χ4v) is 3.68. The molecule has 0 unspecified atom stereocenters. The van der Waals surface area contributed by atoms with Gasteiger partial charge in [0.15, 0.2) is 11.5 Å². The molecular weight excluding hydrogens is 452 g/mol. The minimum absolute atomic E-state index is 0.0106. The Morgan fingerprint density at radius 1 is 1.06 bits per heavy atom. The van der Waals surface area contributed by atoms with Crippen LogP contribution >= 0.6 is 0 Å². The van der Waals surface area contributed by atoms with Crippen molar-refractivity contribution in [2.24, 2.45) is 0 Å². The molecule has 0 aromatic heterocycles. The van der Waals surface area contributed by atoms with Crippen LogP contribution in [0.5, 0.6) is 17.2 Å². The molecule has 184 valence electrons. The van der Waals surface area contributed by atoms with Gasteiger partial charge in [0.25, 0.3) is 5.91 Å². The molecule has 3 rings (SSSR count). The summed E-state index contributed by atoms with van der Waals surface area (Å²) in [5, 5.41) is 12.4. The maximum atomic E-state index is 12.7. The van der Waals surface area contributed by atoms with Crippen LogP contribution in [-0.4, -0.2) is 20.1 Å². The summed E-state index contributed by atoms with van der Waals surface area (Å²) in [6.07, 6.45) is 3.85. The summed E-state index contributed by atoms with van der Waals surface area (Å²) in [7, 11) is 3.16. The number of allylic oxidation sites excluding steroid dienone is 1. The Hall–Kier alpha value is -4.50. The third kappa shape index (κ3) is 7.00. The van der Waals surface area contributed by atoms with E-state index in [0.717, 1.165) is 28.0 Å². The Bertz CT molecular complexity index is 1290. The molecule has 0 aliphatic rings. The van der Waals surface area contributed by atoms with Gasteiger partial charge in [-0.05, 0) is 60.4 Å². The van der Waals surface area contributed by atoms with Crippen molar-refractivity contribution >= 4 is 12.0 Å². The third-order valence-electron chi connectivity index (χ3n) is 5.49. The zero-order valence-corrected chi connectivity index (χ0v) is 20.8. The van der Waals surface area contributed by atoms with Gasteiger partial charge in [-0.2, -0.15) is 5.26 Å². The first kappa shape index (κ1) is 26.1. The second kappa shape index (κ2) is 12.8. The summed E-state index contributed by atoms with van der Waals surface area (Å²) in [4.78, 5) is 12.7. The number of hydrogen-bond acceptors (Lipinski definition) is 5. The average Bonchev–Trinajstić information content (AvgIpc) is 2.90. The highest BCUT2D eigenvalue weighted by atomic mass is 16.5. The van der Waals surface area contributed by atoms with Gasteiger partial charge in [-0.1, -0.05) is 48.0 Å². The van der Waals surface area contributed by atoms with Gasteiger partial charge in [0, 0.05) is 12.1 Å². The first-order chi connectivity index (χ1) is 17.5. The largest absolute Gasteiger partial charge is 0.497 e. The highest BCUT2D eigenvalue weighted by Crippen LogP contribution is 2.35. The highest BCUT2D eigenvalue weighted by Gasteiger charge is 2.15. The molecule has 0 bridgehead atoms. The number of ether oxygens (including phenoxy) is 3. The van der Waals surface area contributed by atoms with Gasteiger partial charge in [0.1, 0.15) is 24.0 Å². The molecule has 1 N–H and O–H groups in total. The van der Waals surface area contributed by atoms with E-state index in [1.807, 2.05) is 61.5 Å². The number of hydrogen-bond donors (Lipinski definition) is 1. The fourth-order valence-electron chi connectivity index (χ4n) is 3.68. The van der Waals surface area contributed by atoms with E-state index in [-0.39, 0.29) is 5.57 Å². The molecule has 3 aromatic carbocycles. The van der Waals surface area contributed by atoms with Crippen LogP contribution in [-0.2, 0) is 24.4 Å². The molecule has 0 atom stereocenters. The summed E-state index contributed by atoms with van der Waals surface area (Å²) >= 11 is 0. The number of aryl methyl sites for hydroxylation is 1. The van der Waals surface area contributed by atoms with E-state index < -0.39 is 5.91 Å². The van der Waals surface area contributed by atoms with Crippen LogP contribution in [0.1, 0.15) is 27.8 Å². The molecule has 1 amide bonds. The normalized spacial score (nSPS) is 10.8. The second-order valence-corrected chi connectivity index (χ2v) is 8.18. The summed E-state index contributed by atoms with van der Waals surface area (Å²) < 4.78 is 16.9. The molecule has 6 nitrogen and oxygen atoms in total. The Kier molecular flexibility index (Phi) is 9.30. The first-order valence-corrected chi connectivity index (χ1v) is 11.5. The number of carbonyl (C=O) groups excluding carboxylic acids is 1. The molecule has 0 aliphatic carbocycles. The van der Waals surface area contributed by atoms with Gasteiger partial charge in [-0.15, -0.1) is 6.58 Å². The summed E-state index contributed by atoms with van der Waals surface area (Å²) in [5.74, 6) is 1.40. The SMILES string of the molecule is C=CCc1cc(/C=C(/C#N)C(=O)NCc2ccc(OC)cc2)cc(OC)c1OCc1cccc(C)c1. The molecule has 0 heterocycles. The van der Waals surface area contributed by atoms with Crippen molar-refractivity contribution in [1.82, 2.24) is 5.32 Å². The Morgan fingerprint density at radius 3 is 2.47 bits per heavy atom. The lowest BCUT2D eigenvalue weighted by Crippen LogP contribution is -2.23. The van der Waals surface area contributed by atoms with Gasteiger partial charge in [-0.25, -0.2) is 0 Å². The molecule has 0 aliphatic heterocycles.